The van der Waals surface area contributed by atoms with E-state index in [1.807, 2.05) is 72.8 Å². The molecule has 2 atom stereocenters. The molecule has 3 aliphatic rings. The number of para-hydroxylation sites is 2. The Morgan fingerprint density at radius 2 is 1.41 bits per heavy atom. The van der Waals surface area contributed by atoms with Crippen molar-refractivity contribution >= 4 is 23.4 Å². The third kappa shape index (κ3) is 2.43. The summed E-state index contributed by atoms with van der Waals surface area (Å²) in [6, 6.07) is 34.6. The quantitative estimate of drug-likeness (QED) is 0.427. The Labute approximate surface area is 198 Å². The Morgan fingerprint density at radius 3 is 2.26 bits per heavy atom. The van der Waals surface area contributed by atoms with Crippen LogP contribution >= 0.6 is 0 Å². The lowest BCUT2D eigenvalue weighted by atomic mass is 9.78. The van der Waals surface area contributed by atoms with Crippen LogP contribution in [0.3, 0.4) is 0 Å². The molecule has 7 rings (SSSR count). The number of rotatable bonds is 2. The van der Waals surface area contributed by atoms with Crippen LogP contribution in [0.1, 0.15) is 27.8 Å². The van der Waals surface area contributed by atoms with Crippen molar-refractivity contribution in [1.82, 2.24) is 0 Å². The molecule has 0 saturated carbocycles. The largest absolute Gasteiger partial charge is 0.325 e. The summed E-state index contributed by atoms with van der Waals surface area (Å²) in [5.74, 6) is -0.153. The summed E-state index contributed by atoms with van der Waals surface area (Å²) < 4.78 is 7.28. The van der Waals surface area contributed by atoms with E-state index in [0.717, 1.165) is 39.2 Å². The second-order valence-corrected chi connectivity index (χ2v) is 9.02. The highest BCUT2D eigenvalue weighted by Crippen LogP contribution is 2.58. The average molecular weight is 443 g/mol. The molecular formula is C30H22N2O2. The van der Waals surface area contributed by atoms with Crippen LogP contribution in [0.15, 0.2) is 109 Å². The van der Waals surface area contributed by atoms with Crippen molar-refractivity contribution < 1.29 is 9.53 Å². The van der Waals surface area contributed by atoms with E-state index in [0.29, 0.717) is 6.42 Å². The maximum atomic E-state index is 13.9. The molecule has 0 saturated heterocycles. The molecule has 1 N–H and O–H groups in total. The molecule has 3 aliphatic heterocycles. The molecule has 1 spiro atoms. The summed E-state index contributed by atoms with van der Waals surface area (Å²) >= 11 is 0. The van der Waals surface area contributed by atoms with Crippen molar-refractivity contribution in [3.05, 3.63) is 137 Å². The molecule has 4 aromatic rings. The van der Waals surface area contributed by atoms with Gasteiger partial charge in [0.2, 0.25) is 5.60 Å². The predicted octanol–water partition coefficient (Wildman–Crippen LogP) is 5.80. The topological polar surface area (TPSA) is 41.6 Å². The zero-order valence-electron chi connectivity index (χ0n) is 18.4. The second kappa shape index (κ2) is 6.92. The first-order valence-electron chi connectivity index (χ1n) is 11.5. The number of hydrogen-bond donors (Lipinski definition) is 1. The lowest BCUT2D eigenvalue weighted by molar-refractivity contribution is -0.170. The minimum absolute atomic E-state index is 0.153. The highest BCUT2D eigenvalue weighted by molar-refractivity contribution is 6.09. The maximum Gasteiger partial charge on any atom is 0.266 e. The standard InChI is InChI=1S/C30H22N2O2/c33-28-30(24-14-6-8-16-26(24)31-28)25-15-7-9-17-27(25)32-19-18-22-12-4-5-13-23(22)29(32,34-30)20-21-10-2-1-3-11-21/h1-19H,20H2,(H,31,33). The van der Waals surface area contributed by atoms with E-state index in [1.165, 1.54) is 0 Å². The fraction of sp³-hybridized carbons (Fsp3) is 0.100. The molecule has 164 valence electrons. The Kier molecular flexibility index (Phi) is 3.94. The smallest absolute Gasteiger partial charge is 0.266 e. The molecule has 0 bridgehead atoms. The minimum Gasteiger partial charge on any atom is -0.325 e. The van der Waals surface area contributed by atoms with Crippen LogP contribution in [0.4, 0.5) is 11.4 Å². The molecule has 4 heteroatoms. The Hall–Kier alpha value is -4.15. The van der Waals surface area contributed by atoms with Crippen LogP contribution in [0.5, 0.6) is 0 Å². The van der Waals surface area contributed by atoms with E-state index < -0.39 is 11.3 Å². The lowest BCUT2D eigenvalue weighted by Gasteiger charge is -2.54. The lowest BCUT2D eigenvalue weighted by Crippen LogP contribution is -2.59. The molecule has 0 radical (unpaired) electrons. The summed E-state index contributed by atoms with van der Waals surface area (Å²) in [7, 11) is 0. The van der Waals surface area contributed by atoms with Crippen LogP contribution in [-0.4, -0.2) is 5.91 Å². The number of nitrogens with one attached hydrogen (secondary N) is 1. The van der Waals surface area contributed by atoms with Crippen molar-refractivity contribution in [2.75, 3.05) is 10.2 Å². The molecule has 2 unspecified atom stereocenters. The van der Waals surface area contributed by atoms with E-state index in [-0.39, 0.29) is 5.91 Å². The third-order valence-electron chi connectivity index (χ3n) is 7.20. The van der Waals surface area contributed by atoms with Gasteiger partial charge in [-0.3, -0.25) is 4.79 Å². The van der Waals surface area contributed by atoms with E-state index in [4.69, 9.17) is 4.74 Å². The maximum absolute atomic E-state index is 13.9. The highest BCUT2D eigenvalue weighted by atomic mass is 16.6. The number of ether oxygens (including phenoxy) is 1. The SMILES string of the molecule is O=C1Nc2ccccc2C12OC1(Cc3ccccc3)c3ccccc3C=CN1c1ccccc12. The first-order valence-corrected chi connectivity index (χ1v) is 11.5. The van der Waals surface area contributed by atoms with Gasteiger partial charge in [0, 0.05) is 35.0 Å². The first-order chi connectivity index (χ1) is 16.7. The minimum atomic E-state index is -1.25. The summed E-state index contributed by atoms with van der Waals surface area (Å²) in [4.78, 5) is 16.1. The van der Waals surface area contributed by atoms with Crippen LogP contribution in [0.25, 0.3) is 6.08 Å². The number of anilines is 2. The summed E-state index contributed by atoms with van der Waals surface area (Å²) in [6.45, 7) is 0. The number of benzene rings is 4. The fourth-order valence-corrected chi connectivity index (χ4v) is 5.76. The van der Waals surface area contributed by atoms with Gasteiger partial charge in [0.05, 0.1) is 5.69 Å². The van der Waals surface area contributed by atoms with Gasteiger partial charge < -0.3 is 15.0 Å². The molecule has 1 amide bonds. The Bertz CT molecular complexity index is 1480. The molecule has 4 nitrogen and oxygen atoms in total. The van der Waals surface area contributed by atoms with Crippen molar-refractivity contribution in [3.8, 4) is 0 Å². The Balaban J connectivity index is 1.57. The third-order valence-corrected chi connectivity index (χ3v) is 7.20. The zero-order chi connectivity index (χ0) is 22.8. The van der Waals surface area contributed by atoms with Gasteiger partial charge in [0.25, 0.3) is 5.91 Å². The number of carbonyl (C=O) groups is 1. The zero-order valence-corrected chi connectivity index (χ0v) is 18.4. The van der Waals surface area contributed by atoms with Crippen molar-refractivity contribution in [2.24, 2.45) is 0 Å². The number of nitrogens with zero attached hydrogens (tertiary/aromatic N) is 1. The van der Waals surface area contributed by atoms with Crippen LogP contribution in [-0.2, 0) is 27.3 Å². The van der Waals surface area contributed by atoms with E-state index in [1.54, 1.807) is 0 Å². The van der Waals surface area contributed by atoms with E-state index in [9.17, 15) is 4.79 Å². The molecule has 34 heavy (non-hydrogen) atoms. The van der Waals surface area contributed by atoms with Crippen LogP contribution in [0, 0.1) is 0 Å². The van der Waals surface area contributed by atoms with Gasteiger partial charge >= 0.3 is 0 Å². The van der Waals surface area contributed by atoms with Crippen molar-refractivity contribution in [1.29, 1.82) is 0 Å². The van der Waals surface area contributed by atoms with Gasteiger partial charge in [-0.15, -0.1) is 0 Å². The number of fused-ring (bicyclic) bond motifs is 8. The predicted molar refractivity (Wildman–Crippen MR) is 133 cm³/mol. The van der Waals surface area contributed by atoms with Gasteiger partial charge in [-0.25, -0.2) is 0 Å². The average Bonchev–Trinajstić information content (AvgIpc) is 3.16. The normalized spacial score (nSPS) is 23.6. The molecule has 0 aliphatic carbocycles. The van der Waals surface area contributed by atoms with E-state index in [2.05, 4.69) is 52.8 Å². The molecule has 0 aromatic heterocycles. The van der Waals surface area contributed by atoms with Crippen molar-refractivity contribution in [2.45, 2.75) is 17.7 Å². The fourth-order valence-electron chi connectivity index (χ4n) is 5.76. The number of carbonyl (C=O) groups excluding carboxylic acids is 1. The first kappa shape index (κ1) is 19.3. The Morgan fingerprint density at radius 1 is 0.735 bits per heavy atom. The van der Waals surface area contributed by atoms with Crippen LogP contribution < -0.4 is 10.2 Å². The number of hydrogen-bond acceptors (Lipinski definition) is 3. The van der Waals surface area contributed by atoms with Crippen LogP contribution in [0.2, 0.25) is 0 Å². The van der Waals surface area contributed by atoms with Gasteiger partial charge in [-0.05, 0) is 29.3 Å². The van der Waals surface area contributed by atoms with Crippen molar-refractivity contribution in [3.63, 3.8) is 0 Å². The summed E-state index contributed by atoms with van der Waals surface area (Å²) in [6.07, 6.45) is 4.80. The molecule has 4 aromatic carbocycles. The molecular weight excluding hydrogens is 420 g/mol. The molecule has 0 fully saturated rings. The summed E-state index contributed by atoms with van der Waals surface area (Å²) in [5, 5.41) is 3.10. The van der Waals surface area contributed by atoms with Gasteiger partial charge in [0.1, 0.15) is 0 Å². The van der Waals surface area contributed by atoms with Gasteiger partial charge in [-0.2, -0.15) is 0 Å². The highest BCUT2D eigenvalue weighted by Gasteiger charge is 2.61. The van der Waals surface area contributed by atoms with E-state index >= 15 is 0 Å². The number of amides is 1. The monoisotopic (exact) mass is 442 g/mol. The molecule has 3 heterocycles. The van der Waals surface area contributed by atoms with Gasteiger partial charge in [-0.1, -0.05) is 91.0 Å². The second-order valence-electron chi connectivity index (χ2n) is 9.02. The summed E-state index contributed by atoms with van der Waals surface area (Å²) in [5.41, 5.74) is 4.60. The van der Waals surface area contributed by atoms with Gasteiger partial charge in [0.15, 0.2) is 5.72 Å².